The predicted octanol–water partition coefficient (Wildman–Crippen LogP) is -0.557. The van der Waals surface area contributed by atoms with E-state index in [9.17, 15) is 13.2 Å². The Hall–Kier alpha value is -0.700. The minimum absolute atomic E-state index is 0.0218. The molecule has 0 aromatic carbocycles. The van der Waals surface area contributed by atoms with E-state index in [0.29, 0.717) is 13.1 Å². The topological polar surface area (TPSA) is 102 Å². The average molecular weight is 293 g/mol. The Labute approximate surface area is 114 Å². The molecule has 1 aliphatic rings. The number of carbonyl (C=O) groups excluding carboxylic acids is 1. The molecule has 112 valence electrons. The van der Waals surface area contributed by atoms with Crippen molar-refractivity contribution < 1.29 is 17.9 Å². The molecule has 0 bridgehead atoms. The van der Waals surface area contributed by atoms with Crippen LogP contribution in [0, 0.1) is 5.92 Å². The van der Waals surface area contributed by atoms with Crippen LogP contribution in [0.2, 0.25) is 0 Å². The molecule has 3 N–H and O–H groups in total. The third-order valence-corrected chi connectivity index (χ3v) is 3.55. The van der Waals surface area contributed by atoms with E-state index in [1.165, 1.54) is 0 Å². The van der Waals surface area contributed by atoms with Crippen molar-refractivity contribution in [2.75, 3.05) is 26.2 Å². The number of nitrogens with two attached hydrogens (primary N) is 1. The van der Waals surface area contributed by atoms with Crippen molar-refractivity contribution in [3.63, 3.8) is 0 Å². The molecule has 0 aliphatic carbocycles. The van der Waals surface area contributed by atoms with E-state index in [2.05, 4.69) is 4.72 Å². The maximum atomic E-state index is 11.9. The van der Waals surface area contributed by atoms with Gasteiger partial charge in [-0.05, 0) is 32.6 Å². The largest absolute Gasteiger partial charge is 0.369 e. The Balaban J connectivity index is 2.39. The van der Waals surface area contributed by atoms with Crippen molar-refractivity contribution in [3.05, 3.63) is 0 Å². The van der Waals surface area contributed by atoms with E-state index in [1.54, 1.807) is 4.90 Å². The van der Waals surface area contributed by atoms with Crippen molar-refractivity contribution in [2.45, 2.75) is 32.8 Å². The molecular formula is C11H23N3O4S. The molecule has 0 aromatic heterocycles. The fourth-order valence-electron chi connectivity index (χ4n) is 2.02. The van der Waals surface area contributed by atoms with Gasteiger partial charge in [-0.1, -0.05) is 0 Å². The lowest BCUT2D eigenvalue weighted by Crippen LogP contribution is -2.45. The number of nitrogens with one attached hydrogen (secondary N) is 1. The summed E-state index contributed by atoms with van der Waals surface area (Å²) >= 11 is 0. The van der Waals surface area contributed by atoms with E-state index in [4.69, 9.17) is 9.88 Å². The zero-order valence-electron chi connectivity index (χ0n) is 11.5. The van der Waals surface area contributed by atoms with Crippen molar-refractivity contribution in [1.82, 2.24) is 9.62 Å². The zero-order chi connectivity index (χ0) is 14.5. The molecule has 0 radical (unpaired) electrons. The molecule has 7 nitrogen and oxygen atoms in total. The van der Waals surface area contributed by atoms with Crippen molar-refractivity contribution in [1.29, 1.82) is 0 Å². The van der Waals surface area contributed by atoms with Gasteiger partial charge in [0.2, 0.25) is 5.91 Å². The summed E-state index contributed by atoms with van der Waals surface area (Å²) in [6, 6.07) is 0. The van der Waals surface area contributed by atoms with E-state index in [-0.39, 0.29) is 31.1 Å². The molecule has 1 heterocycles. The van der Waals surface area contributed by atoms with Crippen LogP contribution in [-0.4, -0.2) is 51.6 Å². The lowest BCUT2D eigenvalue weighted by atomic mass is 9.98. The van der Waals surface area contributed by atoms with Crippen LogP contribution in [0.1, 0.15) is 26.7 Å². The summed E-state index contributed by atoms with van der Waals surface area (Å²) < 4.78 is 29.2. The number of rotatable bonds is 6. The number of piperidine rings is 1. The van der Waals surface area contributed by atoms with Gasteiger partial charge in [0, 0.05) is 19.6 Å². The van der Waals surface area contributed by atoms with Gasteiger partial charge in [0.25, 0.3) is 10.2 Å². The molecule has 1 amide bonds. The van der Waals surface area contributed by atoms with E-state index < -0.39 is 10.2 Å². The molecule has 0 spiro atoms. The maximum Gasteiger partial charge on any atom is 0.274 e. The number of hydrogen-bond donors (Lipinski definition) is 2. The third kappa shape index (κ3) is 6.86. The van der Waals surface area contributed by atoms with Crippen LogP contribution >= 0.6 is 0 Å². The number of carbonyl (C=O) groups is 1. The van der Waals surface area contributed by atoms with Gasteiger partial charge in [-0.15, -0.1) is 0 Å². The first kappa shape index (κ1) is 16.4. The zero-order valence-corrected chi connectivity index (χ0v) is 12.3. The highest BCUT2D eigenvalue weighted by atomic mass is 32.2. The molecule has 19 heavy (non-hydrogen) atoms. The monoisotopic (exact) mass is 293 g/mol. The Morgan fingerprint density at radius 2 is 2.21 bits per heavy atom. The molecule has 1 atom stereocenters. The van der Waals surface area contributed by atoms with Crippen LogP contribution in [0.25, 0.3) is 0 Å². The minimum Gasteiger partial charge on any atom is -0.369 e. The van der Waals surface area contributed by atoms with E-state index in [0.717, 1.165) is 12.8 Å². The second kappa shape index (κ2) is 7.18. The first-order valence-electron chi connectivity index (χ1n) is 6.44. The third-order valence-electron chi connectivity index (χ3n) is 2.99. The van der Waals surface area contributed by atoms with Crippen molar-refractivity contribution in [3.8, 4) is 0 Å². The van der Waals surface area contributed by atoms with Crippen LogP contribution in [0.15, 0.2) is 0 Å². The van der Waals surface area contributed by atoms with Gasteiger partial charge in [0.1, 0.15) is 6.61 Å². The van der Waals surface area contributed by atoms with Crippen LogP contribution in [0.4, 0.5) is 0 Å². The molecule has 1 aliphatic heterocycles. The fraction of sp³-hybridized carbons (Fsp3) is 0.909. The van der Waals surface area contributed by atoms with E-state index in [1.807, 2.05) is 13.8 Å². The van der Waals surface area contributed by atoms with Crippen LogP contribution < -0.4 is 9.86 Å². The van der Waals surface area contributed by atoms with Gasteiger partial charge in [-0.25, -0.2) is 9.86 Å². The highest BCUT2D eigenvalue weighted by molar-refractivity contribution is 7.87. The van der Waals surface area contributed by atoms with Gasteiger partial charge in [0.05, 0.1) is 6.10 Å². The van der Waals surface area contributed by atoms with Crippen LogP contribution in [-0.2, 0) is 19.7 Å². The second-order valence-corrected chi connectivity index (χ2v) is 6.48. The van der Waals surface area contributed by atoms with Crippen LogP contribution in [0.5, 0.6) is 0 Å². The SMILES string of the molecule is CC(C)OCC(=O)N1CCCC(CNS(N)(=O)=O)C1. The standard InChI is InChI=1S/C11H23N3O4S/c1-9(2)18-8-11(15)14-5-3-4-10(7-14)6-13-19(12,16)17/h9-10,13H,3-8H2,1-2H3,(H2,12,16,17). The lowest BCUT2D eigenvalue weighted by Gasteiger charge is -2.32. The second-order valence-electron chi connectivity index (χ2n) is 5.10. The molecule has 1 unspecified atom stereocenters. The summed E-state index contributed by atoms with van der Waals surface area (Å²) in [7, 11) is -3.66. The summed E-state index contributed by atoms with van der Waals surface area (Å²) in [5.41, 5.74) is 0. The smallest absolute Gasteiger partial charge is 0.274 e. The van der Waals surface area contributed by atoms with E-state index >= 15 is 0 Å². The summed E-state index contributed by atoms with van der Waals surface area (Å²) in [5, 5.41) is 4.89. The highest BCUT2D eigenvalue weighted by Gasteiger charge is 2.24. The molecule has 0 saturated carbocycles. The van der Waals surface area contributed by atoms with Crippen molar-refractivity contribution in [2.24, 2.45) is 11.1 Å². The Kier molecular flexibility index (Phi) is 6.18. The lowest BCUT2D eigenvalue weighted by molar-refractivity contribution is -0.139. The summed E-state index contributed by atoms with van der Waals surface area (Å²) in [4.78, 5) is 13.6. The van der Waals surface area contributed by atoms with Crippen LogP contribution in [0.3, 0.4) is 0 Å². The Morgan fingerprint density at radius 1 is 1.53 bits per heavy atom. The van der Waals surface area contributed by atoms with Gasteiger partial charge in [-0.3, -0.25) is 4.79 Å². The Morgan fingerprint density at radius 3 is 2.79 bits per heavy atom. The number of likely N-dealkylation sites (tertiary alicyclic amines) is 1. The van der Waals surface area contributed by atoms with Gasteiger partial charge < -0.3 is 9.64 Å². The predicted molar refractivity (Wildman–Crippen MR) is 71.5 cm³/mol. The summed E-state index contributed by atoms with van der Waals surface area (Å²) in [5.74, 6) is 0.0593. The first-order chi connectivity index (χ1) is 8.78. The fourth-order valence-corrected chi connectivity index (χ4v) is 2.49. The van der Waals surface area contributed by atoms with Gasteiger partial charge >= 0.3 is 0 Å². The average Bonchev–Trinajstić information content (AvgIpc) is 2.33. The normalized spacial score (nSPS) is 20.8. The molecule has 1 saturated heterocycles. The first-order valence-corrected chi connectivity index (χ1v) is 7.99. The quantitative estimate of drug-likeness (QED) is 0.685. The minimum atomic E-state index is -3.66. The molecule has 1 fully saturated rings. The number of ether oxygens (including phenoxy) is 1. The highest BCUT2D eigenvalue weighted by Crippen LogP contribution is 2.16. The Bertz CT molecular complexity index is 397. The maximum absolute atomic E-state index is 11.9. The summed E-state index contributed by atoms with van der Waals surface area (Å²) in [6.45, 7) is 5.35. The number of hydrogen-bond acceptors (Lipinski definition) is 4. The number of nitrogens with zero attached hydrogens (tertiary/aromatic N) is 1. The molecule has 0 aromatic rings. The van der Waals surface area contributed by atoms with Crippen molar-refractivity contribution >= 4 is 16.1 Å². The summed E-state index contributed by atoms with van der Waals surface area (Å²) in [6.07, 6.45) is 1.77. The molecular weight excluding hydrogens is 270 g/mol. The van der Waals surface area contributed by atoms with Gasteiger partial charge in [0.15, 0.2) is 0 Å². The van der Waals surface area contributed by atoms with Gasteiger partial charge in [-0.2, -0.15) is 8.42 Å². The molecule has 1 rings (SSSR count). The number of amides is 1. The molecule has 8 heteroatoms.